The van der Waals surface area contributed by atoms with E-state index in [9.17, 15) is 14.7 Å². The van der Waals surface area contributed by atoms with Crippen LogP contribution in [0.25, 0.3) is 22.5 Å². The monoisotopic (exact) mass is 472 g/mol. The number of carbonyl (C=O) groups is 1. The van der Waals surface area contributed by atoms with Crippen LogP contribution in [-0.4, -0.2) is 57.5 Å². The van der Waals surface area contributed by atoms with Crippen molar-refractivity contribution in [3.63, 3.8) is 0 Å². The number of piperidine rings is 2. The first-order valence-electron chi connectivity index (χ1n) is 12.5. The van der Waals surface area contributed by atoms with E-state index >= 15 is 0 Å². The van der Waals surface area contributed by atoms with Crippen LogP contribution in [0.3, 0.4) is 0 Å². The number of aromatic amines is 1. The quantitative estimate of drug-likeness (QED) is 0.487. The number of likely N-dealkylation sites (tertiary alicyclic amines) is 1. The van der Waals surface area contributed by atoms with E-state index in [-0.39, 0.29) is 17.6 Å². The Hall–Kier alpha value is -3.29. The summed E-state index contributed by atoms with van der Waals surface area (Å²) < 4.78 is 0. The molecule has 1 atom stereocenters. The van der Waals surface area contributed by atoms with Gasteiger partial charge >= 0.3 is 5.69 Å². The minimum absolute atomic E-state index is 0.0530. The van der Waals surface area contributed by atoms with Crippen LogP contribution >= 0.6 is 0 Å². The van der Waals surface area contributed by atoms with Crippen molar-refractivity contribution in [2.45, 2.75) is 51.1 Å². The second kappa shape index (κ2) is 10.1. The highest BCUT2D eigenvalue weighted by atomic mass is 16.3. The molecule has 0 amide bonds. The molecule has 2 fully saturated rings. The first kappa shape index (κ1) is 23.5. The zero-order valence-electron chi connectivity index (χ0n) is 20.1. The smallest absolute Gasteiger partial charge is 0.345 e. The normalized spacial score (nSPS) is 19.5. The van der Waals surface area contributed by atoms with Gasteiger partial charge in [-0.25, -0.2) is 4.79 Å². The zero-order chi connectivity index (χ0) is 24.4. The van der Waals surface area contributed by atoms with Crippen molar-refractivity contribution in [3.8, 4) is 28.3 Å². The lowest BCUT2D eigenvalue weighted by Gasteiger charge is -2.42. The average molecular weight is 473 g/mol. The van der Waals surface area contributed by atoms with Crippen molar-refractivity contribution in [2.75, 3.05) is 19.6 Å². The number of phenolic OH excluding ortho intramolecular Hbond substituents is 1. The van der Waals surface area contributed by atoms with Gasteiger partial charge in [0.15, 0.2) is 5.78 Å². The number of aromatic nitrogens is 2. The summed E-state index contributed by atoms with van der Waals surface area (Å²) >= 11 is 0. The largest absolute Gasteiger partial charge is 0.508 e. The topological polar surface area (TPSA) is 98.3 Å². The standard InChI is InChI=1S/C28H32N4O3/c1-18-16-21(9-10-26(18)33)24-17-23(30-28(35)31-24)19-5-7-20(8-6-19)27(34)25-4-2-3-15-32(25)22-11-13-29-14-12-22/h5-10,16-17,22,25,29,33H,2-4,11-15H2,1H3,(H,30,31,35). The molecule has 0 bridgehead atoms. The highest BCUT2D eigenvalue weighted by molar-refractivity contribution is 6.00. The molecule has 0 radical (unpaired) electrons. The minimum Gasteiger partial charge on any atom is -0.508 e. The Labute approximate surface area is 205 Å². The predicted octanol–water partition coefficient (Wildman–Crippen LogP) is 3.91. The lowest BCUT2D eigenvalue weighted by molar-refractivity contribution is 0.0549. The zero-order valence-corrected chi connectivity index (χ0v) is 20.1. The summed E-state index contributed by atoms with van der Waals surface area (Å²) in [6, 6.07) is 14.9. The Morgan fingerprint density at radius 2 is 1.74 bits per heavy atom. The van der Waals surface area contributed by atoms with Gasteiger partial charge in [-0.2, -0.15) is 4.98 Å². The van der Waals surface area contributed by atoms with Gasteiger partial charge in [-0.3, -0.25) is 9.69 Å². The number of aromatic hydroxyl groups is 1. The molecule has 3 aromatic rings. The number of phenols is 1. The molecular weight excluding hydrogens is 440 g/mol. The maximum Gasteiger partial charge on any atom is 0.345 e. The van der Waals surface area contributed by atoms with Gasteiger partial charge < -0.3 is 15.4 Å². The van der Waals surface area contributed by atoms with Crippen LogP contribution in [0, 0.1) is 6.92 Å². The Morgan fingerprint density at radius 1 is 1.00 bits per heavy atom. The van der Waals surface area contributed by atoms with E-state index < -0.39 is 5.69 Å². The molecule has 1 aromatic heterocycles. The molecule has 2 aliphatic heterocycles. The van der Waals surface area contributed by atoms with Crippen molar-refractivity contribution in [1.29, 1.82) is 0 Å². The summed E-state index contributed by atoms with van der Waals surface area (Å²) in [5, 5.41) is 13.2. The summed E-state index contributed by atoms with van der Waals surface area (Å²) in [6.45, 7) is 4.84. The fraction of sp³-hybridized carbons (Fsp3) is 0.393. The molecule has 35 heavy (non-hydrogen) atoms. The van der Waals surface area contributed by atoms with Gasteiger partial charge in [-0.1, -0.05) is 30.7 Å². The van der Waals surface area contributed by atoms with Crippen LogP contribution in [0.2, 0.25) is 0 Å². The van der Waals surface area contributed by atoms with E-state index in [1.54, 1.807) is 25.1 Å². The molecule has 0 spiro atoms. The summed E-state index contributed by atoms with van der Waals surface area (Å²) in [4.78, 5) is 35.2. The van der Waals surface area contributed by atoms with E-state index in [4.69, 9.17) is 0 Å². The van der Waals surface area contributed by atoms with Crippen molar-refractivity contribution in [1.82, 2.24) is 20.2 Å². The van der Waals surface area contributed by atoms with Crippen molar-refractivity contribution < 1.29 is 9.90 Å². The van der Waals surface area contributed by atoms with Gasteiger partial charge in [0.25, 0.3) is 0 Å². The summed E-state index contributed by atoms with van der Waals surface area (Å²) in [7, 11) is 0. The van der Waals surface area contributed by atoms with Gasteiger partial charge in [0.05, 0.1) is 17.4 Å². The highest BCUT2D eigenvalue weighted by Crippen LogP contribution is 2.28. The Balaban J connectivity index is 1.38. The molecule has 182 valence electrons. The van der Waals surface area contributed by atoms with Crippen LogP contribution in [0.1, 0.15) is 48.0 Å². The Bertz CT molecular complexity index is 1260. The van der Waals surface area contributed by atoms with Gasteiger partial charge in [-0.05, 0) is 87.6 Å². The third-order valence-electron chi connectivity index (χ3n) is 7.34. The average Bonchev–Trinajstić information content (AvgIpc) is 2.90. The third-order valence-corrected chi connectivity index (χ3v) is 7.34. The third kappa shape index (κ3) is 5.06. The van der Waals surface area contributed by atoms with Gasteiger partial charge in [0, 0.05) is 17.2 Å². The van der Waals surface area contributed by atoms with Crippen LogP contribution in [0.15, 0.2) is 53.3 Å². The number of aryl methyl sites for hydroxylation is 1. The molecule has 2 saturated heterocycles. The lowest BCUT2D eigenvalue weighted by atomic mass is 9.90. The van der Waals surface area contributed by atoms with Gasteiger partial charge in [-0.15, -0.1) is 0 Å². The molecule has 7 nitrogen and oxygen atoms in total. The Kier molecular flexibility index (Phi) is 6.79. The van der Waals surface area contributed by atoms with Crippen LogP contribution in [-0.2, 0) is 0 Å². The van der Waals surface area contributed by atoms with Gasteiger partial charge in [0.2, 0.25) is 0 Å². The second-order valence-corrected chi connectivity index (χ2v) is 9.66. The van der Waals surface area contributed by atoms with Crippen LogP contribution < -0.4 is 11.0 Å². The van der Waals surface area contributed by atoms with Crippen molar-refractivity contribution in [2.24, 2.45) is 0 Å². The summed E-state index contributed by atoms with van der Waals surface area (Å²) in [6.07, 6.45) is 5.36. The van der Waals surface area contributed by atoms with E-state index in [1.165, 1.54) is 0 Å². The number of hydrogen-bond acceptors (Lipinski definition) is 6. The molecule has 0 saturated carbocycles. The Morgan fingerprint density at radius 3 is 2.49 bits per heavy atom. The summed E-state index contributed by atoms with van der Waals surface area (Å²) in [5.41, 5.74) is 3.74. The number of hydrogen-bond donors (Lipinski definition) is 3. The molecular formula is C28H32N4O3. The number of ketones is 1. The number of nitrogens with zero attached hydrogens (tertiary/aromatic N) is 2. The maximum atomic E-state index is 13.5. The maximum absolute atomic E-state index is 13.5. The first-order valence-corrected chi connectivity index (χ1v) is 12.5. The number of rotatable bonds is 5. The molecule has 7 heteroatoms. The molecule has 5 rings (SSSR count). The lowest BCUT2D eigenvalue weighted by Crippen LogP contribution is -2.53. The van der Waals surface area contributed by atoms with E-state index in [2.05, 4.69) is 20.2 Å². The molecule has 1 unspecified atom stereocenters. The number of Topliss-reactive ketones (excluding diaryl/α,β-unsaturated/α-hetero) is 1. The highest BCUT2D eigenvalue weighted by Gasteiger charge is 2.34. The fourth-order valence-corrected chi connectivity index (χ4v) is 5.39. The van der Waals surface area contributed by atoms with Crippen LogP contribution in [0.4, 0.5) is 0 Å². The second-order valence-electron chi connectivity index (χ2n) is 9.66. The number of benzene rings is 2. The number of H-pyrrole nitrogens is 1. The fourth-order valence-electron chi connectivity index (χ4n) is 5.39. The van der Waals surface area contributed by atoms with Crippen LogP contribution in [0.5, 0.6) is 5.75 Å². The van der Waals surface area contributed by atoms with E-state index in [0.29, 0.717) is 23.0 Å². The molecule has 0 aliphatic carbocycles. The summed E-state index contributed by atoms with van der Waals surface area (Å²) in [5.74, 6) is 0.397. The van der Waals surface area contributed by atoms with E-state index in [0.717, 1.165) is 68.4 Å². The van der Waals surface area contributed by atoms with E-state index in [1.807, 2.05) is 30.3 Å². The SMILES string of the molecule is Cc1cc(-c2cc(-c3ccc(C(=O)C4CCCCN4C4CCNCC4)cc3)[nH]c(=O)n2)ccc1O. The number of nitrogens with one attached hydrogen (secondary N) is 2. The van der Waals surface area contributed by atoms with Crippen molar-refractivity contribution >= 4 is 5.78 Å². The van der Waals surface area contributed by atoms with Crippen molar-refractivity contribution in [3.05, 3.63) is 70.1 Å². The molecule has 3 heterocycles. The number of carbonyl (C=O) groups excluding carboxylic acids is 1. The molecule has 2 aromatic carbocycles. The molecule has 2 aliphatic rings. The minimum atomic E-state index is -0.441. The molecule has 3 N–H and O–H groups in total. The van der Waals surface area contributed by atoms with Gasteiger partial charge in [0.1, 0.15) is 5.75 Å². The first-order chi connectivity index (χ1) is 17.0. The predicted molar refractivity (Wildman–Crippen MR) is 137 cm³/mol.